The highest BCUT2D eigenvalue weighted by Gasteiger charge is 2.15. The second-order valence-electron chi connectivity index (χ2n) is 6.23. The number of nitrogens with one attached hydrogen (secondary N) is 1. The molecule has 0 aliphatic rings. The summed E-state index contributed by atoms with van der Waals surface area (Å²) >= 11 is 5.87. The third-order valence-corrected chi connectivity index (χ3v) is 4.31. The Bertz CT molecular complexity index is 807. The number of hydrogen-bond donors (Lipinski definition) is 1. The third-order valence-electron chi connectivity index (χ3n) is 4.06. The van der Waals surface area contributed by atoms with Crippen LogP contribution in [0.15, 0.2) is 42.5 Å². The molecule has 0 saturated heterocycles. The summed E-state index contributed by atoms with van der Waals surface area (Å²) in [4.78, 5) is 23.9. The van der Waals surface area contributed by atoms with E-state index in [1.165, 1.54) is 13.2 Å². The summed E-state index contributed by atoms with van der Waals surface area (Å²) in [6.45, 7) is 3.83. The van der Waals surface area contributed by atoms with Crippen LogP contribution in [0.1, 0.15) is 36.2 Å². The summed E-state index contributed by atoms with van der Waals surface area (Å²) < 4.78 is 16.1. The lowest BCUT2D eigenvalue weighted by Gasteiger charge is -2.13. The summed E-state index contributed by atoms with van der Waals surface area (Å²) in [6, 6.07) is 12.0. The van der Waals surface area contributed by atoms with Gasteiger partial charge in [-0.15, -0.1) is 0 Å². The van der Waals surface area contributed by atoms with Gasteiger partial charge in [-0.3, -0.25) is 4.79 Å². The van der Waals surface area contributed by atoms with Gasteiger partial charge >= 0.3 is 5.97 Å². The lowest BCUT2D eigenvalue weighted by molar-refractivity contribution is -0.124. The Labute approximate surface area is 169 Å². The van der Waals surface area contributed by atoms with E-state index in [1.807, 2.05) is 26.0 Å². The largest absolute Gasteiger partial charge is 0.493 e. The predicted molar refractivity (Wildman–Crippen MR) is 107 cm³/mol. The van der Waals surface area contributed by atoms with Crippen LogP contribution in [-0.2, 0) is 16.1 Å². The third kappa shape index (κ3) is 6.46. The molecular weight excluding hydrogens is 382 g/mol. The van der Waals surface area contributed by atoms with Gasteiger partial charge in [-0.1, -0.05) is 30.7 Å². The molecule has 1 amide bonds. The topological polar surface area (TPSA) is 73.9 Å². The van der Waals surface area contributed by atoms with Crippen LogP contribution < -0.4 is 14.8 Å². The molecule has 150 valence electrons. The van der Waals surface area contributed by atoms with Gasteiger partial charge in [-0.25, -0.2) is 4.79 Å². The summed E-state index contributed by atoms with van der Waals surface area (Å²) in [5, 5.41) is 3.39. The Morgan fingerprint density at radius 3 is 2.46 bits per heavy atom. The van der Waals surface area contributed by atoms with E-state index in [4.69, 9.17) is 25.8 Å². The number of amides is 1. The number of halogens is 1. The number of hydrogen-bond acceptors (Lipinski definition) is 5. The van der Waals surface area contributed by atoms with Crippen molar-refractivity contribution in [1.82, 2.24) is 5.32 Å². The standard InChI is InChI=1S/C21H24ClNO5/c1-4-14(2)23-20(24)13-28-21(25)16-7-10-18(19(11-16)26-3)27-12-15-5-8-17(22)9-6-15/h5-11,14H,4,12-13H2,1-3H3,(H,23,24). The van der Waals surface area contributed by atoms with Gasteiger partial charge in [-0.2, -0.15) is 0 Å². The molecule has 0 radical (unpaired) electrons. The van der Waals surface area contributed by atoms with Crippen LogP contribution in [-0.4, -0.2) is 31.6 Å². The number of rotatable bonds is 9. The molecule has 0 saturated carbocycles. The summed E-state index contributed by atoms with van der Waals surface area (Å²) in [5.41, 5.74) is 1.22. The lowest BCUT2D eigenvalue weighted by atomic mass is 10.2. The van der Waals surface area contributed by atoms with E-state index in [0.29, 0.717) is 23.1 Å². The Balaban J connectivity index is 1.96. The van der Waals surface area contributed by atoms with Crippen LogP contribution in [0.5, 0.6) is 11.5 Å². The van der Waals surface area contributed by atoms with E-state index in [-0.39, 0.29) is 24.1 Å². The molecule has 7 heteroatoms. The molecule has 0 spiro atoms. The lowest BCUT2D eigenvalue weighted by Crippen LogP contribution is -2.35. The van der Waals surface area contributed by atoms with Gasteiger partial charge in [-0.05, 0) is 49.2 Å². The molecule has 0 aliphatic heterocycles. The molecule has 0 heterocycles. The van der Waals surface area contributed by atoms with Crippen molar-refractivity contribution in [3.05, 3.63) is 58.6 Å². The average molecular weight is 406 g/mol. The molecule has 0 bridgehead atoms. The van der Waals surface area contributed by atoms with Gasteiger partial charge < -0.3 is 19.5 Å². The first kappa shape index (κ1) is 21.6. The van der Waals surface area contributed by atoms with E-state index in [0.717, 1.165) is 12.0 Å². The second kappa shape index (κ2) is 10.6. The Hall–Kier alpha value is -2.73. The molecule has 2 aromatic carbocycles. The summed E-state index contributed by atoms with van der Waals surface area (Å²) in [6.07, 6.45) is 0.800. The van der Waals surface area contributed by atoms with Crippen LogP contribution in [0.3, 0.4) is 0 Å². The molecule has 28 heavy (non-hydrogen) atoms. The van der Waals surface area contributed by atoms with Gasteiger partial charge in [0.05, 0.1) is 12.7 Å². The van der Waals surface area contributed by atoms with E-state index in [9.17, 15) is 9.59 Å². The van der Waals surface area contributed by atoms with Crippen molar-refractivity contribution in [2.45, 2.75) is 32.9 Å². The number of benzene rings is 2. The fraction of sp³-hybridized carbons (Fsp3) is 0.333. The van der Waals surface area contributed by atoms with Crippen molar-refractivity contribution in [1.29, 1.82) is 0 Å². The number of carbonyl (C=O) groups is 2. The quantitative estimate of drug-likeness (QED) is 0.638. The van der Waals surface area contributed by atoms with Crippen molar-refractivity contribution < 1.29 is 23.8 Å². The normalized spacial score (nSPS) is 11.4. The van der Waals surface area contributed by atoms with Gasteiger partial charge in [0.25, 0.3) is 5.91 Å². The molecule has 1 atom stereocenters. The maximum Gasteiger partial charge on any atom is 0.338 e. The number of carbonyl (C=O) groups excluding carboxylic acids is 2. The first-order chi connectivity index (χ1) is 13.4. The van der Waals surface area contributed by atoms with Crippen LogP contribution in [0.2, 0.25) is 5.02 Å². The molecule has 1 N–H and O–H groups in total. The molecular formula is C21H24ClNO5. The minimum Gasteiger partial charge on any atom is -0.493 e. The Morgan fingerprint density at radius 2 is 1.82 bits per heavy atom. The Morgan fingerprint density at radius 1 is 1.11 bits per heavy atom. The van der Waals surface area contributed by atoms with Gasteiger partial charge in [0.15, 0.2) is 18.1 Å². The fourth-order valence-corrected chi connectivity index (χ4v) is 2.41. The summed E-state index contributed by atoms with van der Waals surface area (Å²) in [7, 11) is 1.49. The van der Waals surface area contributed by atoms with Gasteiger partial charge in [0, 0.05) is 11.1 Å². The highest BCUT2D eigenvalue weighted by molar-refractivity contribution is 6.30. The van der Waals surface area contributed by atoms with E-state index < -0.39 is 5.97 Å². The SMILES string of the molecule is CCC(C)NC(=O)COC(=O)c1ccc(OCc2ccc(Cl)cc2)c(OC)c1. The monoisotopic (exact) mass is 405 g/mol. The van der Waals surface area contributed by atoms with Crippen LogP contribution >= 0.6 is 11.6 Å². The van der Waals surface area contributed by atoms with Gasteiger partial charge in [0.2, 0.25) is 0 Å². The van der Waals surface area contributed by atoms with Crippen molar-refractivity contribution >= 4 is 23.5 Å². The smallest absolute Gasteiger partial charge is 0.338 e. The van der Waals surface area contributed by atoms with Crippen molar-refractivity contribution in [3.63, 3.8) is 0 Å². The molecule has 2 aromatic rings. The maximum absolute atomic E-state index is 12.2. The first-order valence-corrected chi connectivity index (χ1v) is 9.32. The molecule has 2 rings (SSSR count). The van der Waals surface area contributed by atoms with Crippen molar-refractivity contribution in [2.24, 2.45) is 0 Å². The maximum atomic E-state index is 12.2. The molecule has 6 nitrogen and oxygen atoms in total. The van der Waals surface area contributed by atoms with Crippen LogP contribution in [0.4, 0.5) is 0 Å². The highest BCUT2D eigenvalue weighted by atomic mass is 35.5. The Kier molecular flexibility index (Phi) is 8.14. The fourth-order valence-electron chi connectivity index (χ4n) is 2.29. The predicted octanol–water partition coefficient (Wildman–Crippen LogP) is 4.00. The molecule has 0 aliphatic carbocycles. The zero-order chi connectivity index (χ0) is 20.5. The molecule has 0 fully saturated rings. The highest BCUT2D eigenvalue weighted by Crippen LogP contribution is 2.29. The zero-order valence-corrected chi connectivity index (χ0v) is 16.9. The zero-order valence-electron chi connectivity index (χ0n) is 16.2. The van der Waals surface area contributed by atoms with E-state index >= 15 is 0 Å². The van der Waals surface area contributed by atoms with Crippen molar-refractivity contribution in [3.8, 4) is 11.5 Å². The minimum absolute atomic E-state index is 0.0309. The average Bonchev–Trinajstić information content (AvgIpc) is 2.71. The number of ether oxygens (including phenoxy) is 3. The van der Waals surface area contributed by atoms with Crippen molar-refractivity contribution in [2.75, 3.05) is 13.7 Å². The molecule has 1 unspecified atom stereocenters. The summed E-state index contributed by atoms with van der Waals surface area (Å²) in [5.74, 6) is -0.0598. The number of methoxy groups -OCH3 is 1. The molecule has 0 aromatic heterocycles. The second-order valence-corrected chi connectivity index (χ2v) is 6.67. The van der Waals surface area contributed by atoms with Crippen LogP contribution in [0, 0.1) is 0 Å². The van der Waals surface area contributed by atoms with E-state index in [1.54, 1.807) is 24.3 Å². The number of esters is 1. The van der Waals surface area contributed by atoms with Gasteiger partial charge in [0.1, 0.15) is 6.61 Å². The van der Waals surface area contributed by atoms with Crippen LogP contribution in [0.25, 0.3) is 0 Å². The minimum atomic E-state index is -0.609. The first-order valence-electron chi connectivity index (χ1n) is 8.94. The van der Waals surface area contributed by atoms with E-state index in [2.05, 4.69) is 5.32 Å².